The molecular weight excluding hydrogens is 198 g/mol. The lowest BCUT2D eigenvalue weighted by Gasteiger charge is -2.06. The van der Waals surface area contributed by atoms with Gasteiger partial charge in [-0.3, -0.25) is 4.79 Å². The minimum Gasteiger partial charge on any atom is -0.342 e. The fraction of sp³-hybridized carbons (Fsp3) is 0.214. The Bertz CT molecular complexity index is 445. The molecule has 0 heterocycles. The number of benzene rings is 1. The summed E-state index contributed by atoms with van der Waals surface area (Å²) in [6, 6.07) is 9.32. The maximum absolute atomic E-state index is 11.3. The van der Waals surface area contributed by atoms with Crippen molar-refractivity contribution in [3.8, 4) is 24.2 Å². The van der Waals surface area contributed by atoms with Crippen molar-refractivity contribution in [1.82, 2.24) is 5.32 Å². The maximum Gasteiger partial charge on any atom is 0.296 e. The fourth-order valence-corrected chi connectivity index (χ4v) is 1.14. The lowest BCUT2D eigenvalue weighted by Crippen LogP contribution is -2.30. The summed E-state index contributed by atoms with van der Waals surface area (Å²) in [4.78, 5) is 11.3. The third-order valence-corrected chi connectivity index (χ3v) is 1.90. The molecule has 0 radical (unpaired) electrons. The molecule has 0 saturated heterocycles. The standard InChI is InChI=1S/C14H13NO/c1-3-7-12(2)15-14(16)11-10-13-8-5-4-6-9-13/h1,4-6,8-9,12H,7H2,2H3,(H,15,16). The van der Waals surface area contributed by atoms with E-state index >= 15 is 0 Å². The van der Waals surface area contributed by atoms with Crippen molar-refractivity contribution in [2.75, 3.05) is 0 Å². The molecule has 16 heavy (non-hydrogen) atoms. The van der Waals surface area contributed by atoms with Gasteiger partial charge >= 0.3 is 0 Å². The highest BCUT2D eigenvalue weighted by Crippen LogP contribution is 1.94. The molecule has 80 valence electrons. The summed E-state index contributed by atoms with van der Waals surface area (Å²) >= 11 is 0. The zero-order valence-electron chi connectivity index (χ0n) is 9.16. The minimum atomic E-state index is -0.299. The summed E-state index contributed by atoms with van der Waals surface area (Å²) in [6.45, 7) is 1.85. The average Bonchev–Trinajstić information content (AvgIpc) is 2.28. The highest BCUT2D eigenvalue weighted by Gasteiger charge is 2.01. The van der Waals surface area contributed by atoms with Crippen LogP contribution in [-0.4, -0.2) is 11.9 Å². The van der Waals surface area contributed by atoms with Crippen molar-refractivity contribution in [3.05, 3.63) is 35.9 Å². The molecule has 0 saturated carbocycles. The van der Waals surface area contributed by atoms with E-state index in [1.54, 1.807) is 0 Å². The molecule has 0 spiro atoms. The first-order chi connectivity index (χ1) is 7.72. The van der Waals surface area contributed by atoms with Crippen LogP contribution in [0.4, 0.5) is 0 Å². The second kappa shape index (κ2) is 6.32. The van der Waals surface area contributed by atoms with Gasteiger partial charge in [0.25, 0.3) is 5.91 Å². The summed E-state index contributed by atoms with van der Waals surface area (Å²) < 4.78 is 0. The van der Waals surface area contributed by atoms with Crippen molar-refractivity contribution >= 4 is 5.91 Å². The summed E-state index contributed by atoms with van der Waals surface area (Å²) in [5, 5.41) is 2.70. The molecule has 1 aromatic rings. The third-order valence-electron chi connectivity index (χ3n) is 1.90. The molecule has 0 fully saturated rings. The monoisotopic (exact) mass is 211 g/mol. The first-order valence-corrected chi connectivity index (χ1v) is 5.03. The molecule has 1 unspecified atom stereocenters. The number of hydrogen-bond donors (Lipinski definition) is 1. The number of rotatable bonds is 2. The Morgan fingerprint density at radius 2 is 2.12 bits per heavy atom. The SMILES string of the molecule is C#CCC(C)NC(=O)C#Cc1ccccc1. The van der Waals surface area contributed by atoms with Gasteiger partial charge in [0.1, 0.15) is 0 Å². The van der Waals surface area contributed by atoms with Gasteiger partial charge in [-0.05, 0) is 19.1 Å². The van der Waals surface area contributed by atoms with Gasteiger partial charge in [0, 0.05) is 23.9 Å². The number of nitrogens with one attached hydrogen (secondary N) is 1. The lowest BCUT2D eigenvalue weighted by atomic mass is 10.2. The topological polar surface area (TPSA) is 29.1 Å². The molecule has 1 atom stereocenters. The molecule has 0 aromatic heterocycles. The Hall–Kier alpha value is -2.19. The van der Waals surface area contributed by atoms with Gasteiger partial charge in [-0.15, -0.1) is 12.3 Å². The van der Waals surface area contributed by atoms with E-state index in [0.29, 0.717) is 6.42 Å². The first kappa shape index (κ1) is 11.9. The van der Waals surface area contributed by atoms with Crippen molar-refractivity contribution < 1.29 is 4.79 Å². The van der Waals surface area contributed by atoms with Gasteiger partial charge in [0.15, 0.2) is 0 Å². The van der Waals surface area contributed by atoms with E-state index in [-0.39, 0.29) is 11.9 Å². The van der Waals surface area contributed by atoms with Crippen LogP contribution in [0.15, 0.2) is 30.3 Å². The maximum atomic E-state index is 11.3. The Morgan fingerprint density at radius 3 is 2.75 bits per heavy atom. The highest BCUT2D eigenvalue weighted by molar-refractivity contribution is 5.94. The van der Waals surface area contributed by atoms with E-state index in [1.165, 1.54) is 0 Å². The Labute approximate surface area is 96.1 Å². The molecule has 2 nitrogen and oxygen atoms in total. The molecule has 1 amide bonds. The third kappa shape index (κ3) is 4.35. The van der Waals surface area contributed by atoms with E-state index in [4.69, 9.17) is 6.42 Å². The van der Waals surface area contributed by atoms with Gasteiger partial charge in [-0.25, -0.2) is 0 Å². The van der Waals surface area contributed by atoms with Crippen molar-refractivity contribution in [1.29, 1.82) is 0 Å². The zero-order chi connectivity index (χ0) is 11.8. The van der Waals surface area contributed by atoms with Crippen LogP contribution in [0.25, 0.3) is 0 Å². The van der Waals surface area contributed by atoms with Crippen molar-refractivity contribution in [2.24, 2.45) is 0 Å². The van der Waals surface area contributed by atoms with Gasteiger partial charge in [0.05, 0.1) is 0 Å². The van der Waals surface area contributed by atoms with Crippen LogP contribution in [0.1, 0.15) is 18.9 Å². The van der Waals surface area contributed by atoms with E-state index in [2.05, 4.69) is 23.1 Å². The summed E-state index contributed by atoms with van der Waals surface area (Å²) in [5.41, 5.74) is 0.822. The normalized spacial score (nSPS) is 10.5. The largest absolute Gasteiger partial charge is 0.342 e. The molecule has 1 aromatic carbocycles. The van der Waals surface area contributed by atoms with Crippen LogP contribution < -0.4 is 5.32 Å². The molecule has 0 bridgehead atoms. The zero-order valence-corrected chi connectivity index (χ0v) is 9.16. The predicted octanol–water partition coefficient (Wildman–Crippen LogP) is 1.57. The van der Waals surface area contributed by atoms with E-state index in [1.807, 2.05) is 37.3 Å². The number of hydrogen-bond acceptors (Lipinski definition) is 1. The lowest BCUT2D eigenvalue weighted by molar-refractivity contribution is -0.116. The number of amides is 1. The highest BCUT2D eigenvalue weighted by atomic mass is 16.1. The van der Waals surface area contributed by atoms with Gasteiger partial charge < -0.3 is 5.32 Å². The van der Waals surface area contributed by atoms with Crippen LogP contribution in [0, 0.1) is 24.2 Å². The fourth-order valence-electron chi connectivity index (χ4n) is 1.14. The number of terminal acetylenes is 1. The Balaban J connectivity index is 2.53. The Kier molecular flexibility index (Phi) is 4.70. The number of carbonyl (C=O) groups is 1. The van der Waals surface area contributed by atoms with Crippen LogP contribution in [0.3, 0.4) is 0 Å². The predicted molar refractivity (Wildman–Crippen MR) is 64.4 cm³/mol. The minimum absolute atomic E-state index is 0.0393. The van der Waals surface area contributed by atoms with E-state index < -0.39 is 0 Å². The summed E-state index contributed by atoms with van der Waals surface area (Å²) in [6.07, 6.45) is 5.65. The van der Waals surface area contributed by atoms with E-state index in [0.717, 1.165) is 5.56 Å². The first-order valence-electron chi connectivity index (χ1n) is 5.03. The quantitative estimate of drug-likeness (QED) is 0.739. The van der Waals surface area contributed by atoms with Crippen LogP contribution in [0.5, 0.6) is 0 Å². The molecule has 0 aliphatic carbocycles. The molecule has 0 aliphatic heterocycles. The Morgan fingerprint density at radius 1 is 1.44 bits per heavy atom. The van der Waals surface area contributed by atoms with Gasteiger partial charge in [0.2, 0.25) is 0 Å². The molecule has 2 heteroatoms. The second-order valence-electron chi connectivity index (χ2n) is 3.40. The van der Waals surface area contributed by atoms with E-state index in [9.17, 15) is 4.79 Å². The van der Waals surface area contributed by atoms with Crippen molar-refractivity contribution in [3.63, 3.8) is 0 Å². The molecule has 1 N–H and O–H groups in total. The second-order valence-corrected chi connectivity index (χ2v) is 3.40. The van der Waals surface area contributed by atoms with Crippen LogP contribution in [-0.2, 0) is 4.79 Å². The van der Waals surface area contributed by atoms with Crippen molar-refractivity contribution in [2.45, 2.75) is 19.4 Å². The van der Waals surface area contributed by atoms with Gasteiger partial charge in [-0.2, -0.15) is 0 Å². The van der Waals surface area contributed by atoms with Crippen LogP contribution in [0.2, 0.25) is 0 Å². The average molecular weight is 211 g/mol. The smallest absolute Gasteiger partial charge is 0.296 e. The summed E-state index contributed by atoms with van der Waals surface area (Å²) in [5.74, 6) is 7.48. The molecule has 1 rings (SSSR count). The summed E-state index contributed by atoms with van der Waals surface area (Å²) in [7, 11) is 0. The van der Waals surface area contributed by atoms with Gasteiger partial charge in [-0.1, -0.05) is 24.1 Å². The number of carbonyl (C=O) groups excluding carboxylic acids is 1. The molecular formula is C14H13NO. The van der Waals surface area contributed by atoms with Crippen LogP contribution >= 0.6 is 0 Å². The molecule has 0 aliphatic rings.